The normalized spacial score (nSPS) is 13.3. The minimum absolute atomic E-state index is 0.00639. The van der Waals surface area contributed by atoms with Crippen LogP contribution in [0.4, 0.5) is 0 Å². The number of aliphatic hydroxyl groups excluding tert-OH is 2. The fourth-order valence-corrected chi connectivity index (χ4v) is 2.59. The van der Waals surface area contributed by atoms with Gasteiger partial charge >= 0.3 is 0 Å². The van der Waals surface area contributed by atoms with E-state index in [4.69, 9.17) is 0 Å². The first kappa shape index (κ1) is 17.7. The molecule has 124 valence electrons. The van der Waals surface area contributed by atoms with Crippen LogP contribution in [0.25, 0.3) is 0 Å². The Morgan fingerprint density at radius 1 is 0.957 bits per heavy atom. The summed E-state index contributed by atoms with van der Waals surface area (Å²) in [7, 11) is 0. The fourth-order valence-electron chi connectivity index (χ4n) is 2.59. The molecule has 3 nitrogen and oxygen atoms in total. The van der Waals surface area contributed by atoms with Crippen LogP contribution in [0.3, 0.4) is 0 Å². The van der Waals surface area contributed by atoms with Crippen molar-refractivity contribution in [2.75, 3.05) is 6.54 Å². The molecular formula is C20H27NO2. The van der Waals surface area contributed by atoms with E-state index in [1.54, 1.807) is 0 Å². The van der Waals surface area contributed by atoms with E-state index in [-0.39, 0.29) is 12.1 Å². The van der Waals surface area contributed by atoms with Crippen molar-refractivity contribution < 1.29 is 10.2 Å². The van der Waals surface area contributed by atoms with Gasteiger partial charge in [-0.2, -0.15) is 0 Å². The molecule has 2 aromatic carbocycles. The number of hydrogen-bond acceptors (Lipinski definition) is 3. The first-order chi connectivity index (χ1) is 10.9. The third kappa shape index (κ3) is 5.17. The Morgan fingerprint density at radius 2 is 1.61 bits per heavy atom. The SMILES string of the molecule is CC(C)(C)N(Cc1ccccc1)CC(O)c1cccc(CO)c1. The Kier molecular flexibility index (Phi) is 5.94. The lowest BCUT2D eigenvalue weighted by Gasteiger charge is -2.37. The quantitative estimate of drug-likeness (QED) is 0.857. The Labute approximate surface area is 139 Å². The second kappa shape index (κ2) is 7.73. The van der Waals surface area contributed by atoms with Crippen molar-refractivity contribution in [3.05, 3.63) is 71.3 Å². The molecule has 0 fully saturated rings. The lowest BCUT2D eigenvalue weighted by atomic mass is 10.0. The minimum Gasteiger partial charge on any atom is -0.392 e. The topological polar surface area (TPSA) is 43.7 Å². The molecule has 0 saturated heterocycles. The molecule has 23 heavy (non-hydrogen) atoms. The summed E-state index contributed by atoms with van der Waals surface area (Å²) in [6.07, 6.45) is -0.579. The average molecular weight is 313 g/mol. The van der Waals surface area contributed by atoms with Gasteiger partial charge in [0.05, 0.1) is 12.7 Å². The molecule has 0 heterocycles. The number of benzene rings is 2. The minimum atomic E-state index is -0.579. The highest BCUT2D eigenvalue weighted by Crippen LogP contribution is 2.23. The molecular weight excluding hydrogens is 286 g/mol. The van der Waals surface area contributed by atoms with Gasteiger partial charge in [0.25, 0.3) is 0 Å². The maximum Gasteiger partial charge on any atom is 0.0917 e. The van der Waals surface area contributed by atoms with E-state index in [2.05, 4.69) is 37.8 Å². The number of hydrogen-bond donors (Lipinski definition) is 2. The van der Waals surface area contributed by atoms with Gasteiger partial charge in [0.1, 0.15) is 0 Å². The summed E-state index contributed by atoms with van der Waals surface area (Å²) in [5.41, 5.74) is 2.86. The first-order valence-electron chi connectivity index (χ1n) is 8.07. The second-order valence-electron chi connectivity index (χ2n) is 6.96. The smallest absolute Gasteiger partial charge is 0.0917 e. The van der Waals surface area contributed by atoms with E-state index in [1.165, 1.54) is 5.56 Å². The Bertz CT molecular complexity index is 605. The molecule has 0 saturated carbocycles. The molecule has 1 atom stereocenters. The van der Waals surface area contributed by atoms with Gasteiger partial charge in [-0.3, -0.25) is 4.90 Å². The van der Waals surface area contributed by atoms with Crippen molar-refractivity contribution in [1.29, 1.82) is 0 Å². The number of aliphatic hydroxyl groups is 2. The molecule has 3 heteroatoms. The standard InChI is InChI=1S/C20H27NO2/c1-20(2,3)21(13-16-8-5-4-6-9-16)14-19(23)18-11-7-10-17(12-18)15-22/h4-12,19,22-23H,13-15H2,1-3H3. The zero-order valence-corrected chi connectivity index (χ0v) is 14.2. The van der Waals surface area contributed by atoms with Crippen molar-refractivity contribution in [2.45, 2.75) is 45.6 Å². The molecule has 0 amide bonds. The number of β-amino-alcohol motifs (C(OH)–C–C–N with tert-alkyl or cyclic N) is 1. The molecule has 1 unspecified atom stereocenters. The van der Waals surface area contributed by atoms with Crippen LogP contribution >= 0.6 is 0 Å². The lowest BCUT2D eigenvalue weighted by Crippen LogP contribution is -2.43. The van der Waals surface area contributed by atoms with E-state index in [0.717, 1.165) is 17.7 Å². The summed E-state index contributed by atoms with van der Waals surface area (Å²) in [5, 5.41) is 19.9. The molecule has 0 aliphatic rings. The molecule has 0 bridgehead atoms. The molecule has 2 rings (SSSR count). The van der Waals surface area contributed by atoms with Gasteiger partial charge in [0, 0.05) is 18.6 Å². The van der Waals surface area contributed by atoms with Gasteiger partial charge in [-0.25, -0.2) is 0 Å². The largest absolute Gasteiger partial charge is 0.392 e. The molecule has 0 aliphatic carbocycles. The van der Waals surface area contributed by atoms with Gasteiger partial charge < -0.3 is 10.2 Å². The van der Waals surface area contributed by atoms with Gasteiger partial charge in [-0.1, -0.05) is 54.6 Å². The monoisotopic (exact) mass is 313 g/mol. The maximum atomic E-state index is 10.6. The zero-order chi connectivity index (χ0) is 16.9. The van der Waals surface area contributed by atoms with E-state index in [0.29, 0.717) is 6.54 Å². The molecule has 0 radical (unpaired) electrons. The Morgan fingerprint density at radius 3 is 2.22 bits per heavy atom. The predicted molar refractivity (Wildman–Crippen MR) is 93.9 cm³/mol. The number of nitrogens with zero attached hydrogens (tertiary/aromatic N) is 1. The van der Waals surface area contributed by atoms with Crippen molar-refractivity contribution in [3.8, 4) is 0 Å². The van der Waals surface area contributed by atoms with Crippen LogP contribution in [0.1, 0.15) is 43.6 Å². The molecule has 2 aromatic rings. The van der Waals surface area contributed by atoms with Crippen molar-refractivity contribution >= 4 is 0 Å². The Balaban J connectivity index is 2.13. The highest BCUT2D eigenvalue weighted by atomic mass is 16.3. The van der Waals surface area contributed by atoms with Crippen LogP contribution in [0.5, 0.6) is 0 Å². The summed E-state index contributed by atoms with van der Waals surface area (Å²) in [4.78, 5) is 2.28. The van der Waals surface area contributed by atoms with Gasteiger partial charge in [0.2, 0.25) is 0 Å². The summed E-state index contributed by atoms with van der Waals surface area (Å²) in [5.74, 6) is 0. The summed E-state index contributed by atoms with van der Waals surface area (Å²) in [6, 6.07) is 17.8. The van der Waals surface area contributed by atoms with Crippen LogP contribution < -0.4 is 0 Å². The third-order valence-electron chi connectivity index (χ3n) is 4.08. The molecule has 0 spiro atoms. The van der Waals surface area contributed by atoms with Crippen LogP contribution in [-0.2, 0) is 13.2 Å². The van der Waals surface area contributed by atoms with Crippen LogP contribution in [0.2, 0.25) is 0 Å². The van der Waals surface area contributed by atoms with E-state index < -0.39 is 6.10 Å². The van der Waals surface area contributed by atoms with Crippen LogP contribution in [-0.4, -0.2) is 27.2 Å². The van der Waals surface area contributed by atoms with Gasteiger partial charge in [-0.15, -0.1) is 0 Å². The van der Waals surface area contributed by atoms with Gasteiger partial charge in [0.15, 0.2) is 0 Å². The van der Waals surface area contributed by atoms with E-state index >= 15 is 0 Å². The van der Waals surface area contributed by atoms with Gasteiger partial charge in [-0.05, 0) is 37.5 Å². The summed E-state index contributed by atoms with van der Waals surface area (Å²) in [6.45, 7) is 7.81. The Hall–Kier alpha value is -1.68. The third-order valence-corrected chi connectivity index (χ3v) is 4.08. The summed E-state index contributed by atoms with van der Waals surface area (Å²) >= 11 is 0. The van der Waals surface area contributed by atoms with E-state index in [9.17, 15) is 10.2 Å². The van der Waals surface area contributed by atoms with Crippen LogP contribution in [0, 0.1) is 0 Å². The highest BCUT2D eigenvalue weighted by Gasteiger charge is 2.24. The summed E-state index contributed by atoms with van der Waals surface area (Å²) < 4.78 is 0. The lowest BCUT2D eigenvalue weighted by molar-refractivity contribution is 0.0522. The average Bonchev–Trinajstić information content (AvgIpc) is 2.54. The second-order valence-corrected chi connectivity index (χ2v) is 6.96. The van der Waals surface area contributed by atoms with Crippen molar-refractivity contribution in [3.63, 3.8) is 0 Å². The fraction of sp³-hybridized carbons (Fsp3) is 0.400. The molecule has 0 aromatic heterocycles. The van der Waals surface area contributed by atoms with Crippen LogP contribution in [0.15, 0.2) is 54.6 Å². The molecule has 2 N–H and O–H groups in total. The molecule has 0 aliphatic heterocycles. The predicted octanol–water partition coefficient (Wildman–Crippen LogP) is 3.51. The highest BCUT2D eigenvalue weighted by molar-refractivity contribution is 5.25. The maximum absolute atomic E-state index is 10.6. The number of rotatable bonds is 6. The first-order valence-corrected chi connectivity index (χ1v) is 8.07. The van der Waals surface area contributed by atoms with E-state index in [1.807, 2.05) is 42.5 Å². The van der Waals surface area contributed by atoms with Crippen molar-refractivity contribution in [1.82, 2.24) is 4.90 Å². The zero-order valence-electron chi connectivity index (χ0n) is 14.2. The van der Waals surface area contributed by atoms with Crippen molar-refractivity contribution in [2.24, 2.45) is 0 Å².